The van der Waals surface area contributed by atoms with E-state index in [4.69, 9.17) is 5.73 Å². The van der Waals surface area contributed by atoms with E-state index in [0.29, 0.717) is 0 Å². The zero-order valence-corrected chi connectivity index (χ0v) is 10.9. The van der Waals surface area contributed by atoms with Gasteiger partial charge < -0.3 is 5.73 Å². The highest BCUT2D eigenvalue weighted by molar-refractivity contribution is 7.99. The number of halogens is 1. The molecule has 2 unspecified atom stereocenters. The van der Waals surface area contributed by atoms with Crippen molar-refractivity contribution in [2.75, 3.05) is 24.6 Å². The minimum absolute atomic E-state index is 0.0138. The van der Waals surface area contributed by atoms with Crippen LogP contribution in [0.2, 0.25) is 0 Å². The molecule has 0 amide bonds. The molecule has 2 N–H and O–H groups in total. The summed E-state index contributed by atoms with van der Waals surface area (Å²) in [6.07, 6.45) is 0. The third-order valence-electron chi connectivity index (χ3n) is 3.13. The molecule has 1 aliphatic rings. The molecule has 94 valence electrons. The maximum atomic E-state index is 13.3. The number of nitrogens with two attached hydrogens (primary N) is 1. The molecule has 1 heterocycles. The van der Waals surface area contributed by atoms with E-state index in [9.17, 15) is 4.39 Å². The van der Waals surface area contributed by atoms with E-state index in [1.165, 1.54) is 6.07 Å². The van der Waals surface area contributed by atoms with Crippen LogP contribution in [0.25, 0.3) is 0 Å². The van der Waals surface area contributed by atoms with Crippen molar-refractivity contribution in [3.63, 3.8) is 0 Å². The second-order valence-corrected chi connectivity index (χ2v) is 5.73. The molecule has 1 fully saturated rings. The molecule has 0 spiro atoms. The second-order valence-electron chi connectivity index (χ2n) is 4.51. The number of benzene rings is 1. The van der Waals surface area contributed by atoms with E-state index in [2.05, 4.69) is 4.90 Å². The molecule has 1 aromatic carbocycles. The van der Waals surface area contributed by atoms with Crippen molar-refractivity contribution < 1.29 is 4.39 Å². The molecule has 1 aliphatic heterocycles. The Labute approximate surface area is 106 Å². The van der Waals surface area contributed by atoms with Gasteiger partial charge in [-0.1, -0.05) is 12.1 Å². The lowest BCUT2D eigenvalue weighted by atomic mass is 9.99. The molecule has 0 radical (unpaired) electrons. The molecule has 0 bridgehead atoms. The van der Waals surface area contributed by atoms with Gasteiger partial charge in [-0.3, -0.25) is 4.90 Å². The number of hydrogen-bond donors (Lipinski definition) is 1. The summed E-state index contributed by atoms with van der Waals surface area (Å²) in [5.74, 6) is 2.09. The van der Waals surface area contributed by atoms with Crippen LogP contribution in [-0.4, -0.2) is 35.5 Å². The lowest BCUT2D eigenvalue weighted by Gasteiger charge is -2.36. The SMILES string of the molecule is CC(N)C(c1cccc(F)c1)N1CCSCC1. The van der Waals surface area contributed by atoms with Gasteiger partial charge in [-0.05, 0) is 24.6 Å². The fraction of sp³-hybridized carbons (Fsp3) is 0.538. The number of rotatable bonds is 3. The molecule has 0 aliphatic carbocycles. The van der Waals surface area contributed by atoms with Crippen molar-refractivity contribution >= 4 is 11.8 Å². The predicted molar refractivity (Wildman–Crippen MR) is 71.7 cm³/mol. The molecule has 2 rings (SSSR count). The summed E-state index contributed by atoms with van der Waals surface area (Å²) >= 11 is 1.97. The van der Waals surface area contributed by atoms with Gasteiger partial charge in [-0.2, -0.15) is 11.8 Å². The van der Waals surface area contributed by atoms with Crippen molar-refractivity contribution in [3.05, 3.63) is 35.6 Å². The smallest absolute Gasteiger partial charge is 0.123 e. The van der Waals surface area contributed by atoms with E-state index >= 15 is 0 Å². The summed E-state index contributed by atoms with van der Waals surface area (Å²) < 4.78 is 13.3. The summed E-state index contributed by atoms with van der Waals surface area (Å²) in [5.41, 5.74) is 7.07. The first-order valence-electron chi connectivity index (χ1n) is 6.01. The van der Waals surface area contributed by atoms with E-state index in [0.717, 1.165) is 30.2 Å². The van der Waals surface area contributed by atoms with Gasteiger partial charge in [0.15, 0.2) is 0 Å². The van der Waals surface area contributed by atoms with Gasteiger partial charge in [-0.25, -0.2) is 4.39 Å². The average Bonchev–Trinajstić information content (AvgIpc) is 2.30. The van der Waals surface area contributed by atoms with Crippen molar-refractivity contribution in [3.8, 4) is 0 Å². The number of nitrogens with zero attached hydrogens (tertiary/aromatic N) is 1. The molecule has 4 heteroatoms. The van der Waals surface area contributed by atoms with Crippen molar-refractivity contribution in [1.29, 1.82) is 0 Å². The third kappa shape index (κ3) is 3.21. The highest BCUT2D eigenvalue weighted by Gasteiger charge is 2.25. The third-order valence-corrected chi connectivity index (χ3v) is 4.07. The van der Waals surface area contributed by atoms with Gasteiger partial charge in [0.1, 0.15) is 5.82 Å². The van der Waals surface area contributed by atoms with E-state index in [-0.39, 0.29) is 17.9 Å². The van der Waals surface area contributed by atoms with Crippen molar-refractivity contribution in [2.45, 2.75) is 19.0 Å². The molecule has 1 saturated heterocycles. The first-order valence-corrected chi connectivity index (χ1v) is 7.17. The van der Waals surface area contributed by atoms with Crippen LogP contribution in [-0.2, 0) is 0 Å². The molecule has 0 aromatic heterocycles. The average molecular weight is 254 g/mol. The Hall–Kier alpha value is -0.580. The Morgan fingerprint density at radius 3 is 2.65 bits per heavy atom. The summed E-state index contributed by atoms with van der Waals surface area (Å²) in [7, 11) is 0. The van der Waals surface area contributed by atoms with Gasteiger partial charge in [0.05, 0.1) is 0 Å². The Morgan fingerprint density at radius 1 is 1.35 bits per heavy atom. The Balaban J connectivity index is 2.21. The Kier molecular flexibility index (Phi) is 4.42. The van der Waals surface area contributed by atoms with Crippen LogP contribution >= 0.6 is 11.8 Å². The van der Waals surface area contributed by atoms with Crippen LogP contribution in [0.5, 0.6) is 0 Å². The number of hydrogen-bond acceptors (Lipinski definition) is 3. The molecule has 0 saturated carbocycles. The first kappa shape index (κ1) is 12.9. The fourth-order valence-electron chi connectivity index (χ4n) is 2.39. The highest BCUT2D eigenvalue weighted by Crippen LogP contribution is 2.26. The molecule has 17 heavy (non-hydrogen) atoms. The standard InChI is InChI=1S/C13H19FN2S/c1-10(15)13(16-5-7-17-8-6-16)11-3-2-4-12(14)9-11/h2-4,9-10,13H,5-8,15H2,1H3. The quantitative estimate of drug-likeness (QED) is 0.897. The lowest BCUT2D eigenvalue weighted by Crippen LogP contribution is -2.43. The van der Waals surface area contributed by atoms with Gasteiger partial charge in [0.25, 0.3) is 0 Å². The fourth-order valence-corrected chi connectivity index (χ4v) is 3.32. The van der Waals surface area contributed by atoms with Crippen LogP contribution in [0.1, 0.15) is 18.5 Å². The molecular weight excluding hydrogens is 235 g/mol. The van der Waals surface area contributed by atoms with Gasteiger partial charge >= 0.3 is 0 Å². The Morgan fingerprint density at radius 2 is 2.06 bits per heavy atom. The first-order chi connectivity index (χ1) is 8.18. The maximum absolute atomic E-state index is 13.3. The lowest BCUT2D eigenvalue weighted by molar-refractivity contribution is 0.194. The second kappa shape index (κ2) is 5.85. The summed E-state index contributed by atoms with van der Waals surface area (Å²) in [4.78, 5) is 2.37. The van der Waals surface area contributed by atoms with Gasteiger partial charge in [0.2, 0.25) is 0 Å². The highest BCUT2D eigenvalue weighted by atomic mass is 32.2. The Bertz CT molecular complexity index is 364. The van der Waals surface area contributed by atoms with Crippen molar-refractivity contribution in [1.82, 2.24) is 4.90 Å². The topological polar surface area (TPSA) is 29.3 Å². The largest absolute Gasteiger partial charge is 0.326 e. The summed E-state index contributed by atoms with van der Waals surface area (Å²) in [5, 5.41) is 0. The molecular formula is C13H19FN2S. The maximum Gasteiger partial charge on any atom is 0.123 e. The molecule has 1 aromatic rings. The summed E-state index contributed by atoms with van der Waals surface area (Å²) in [6.45, 7) is 4.07. The van der Waals surface area contributed by atoms with Crippen LogP contribution in [0, 0.1) is 5.82 Å². The van der Waals surface area contributed by atoms with Crippen LogP contribution in [0.15, 0.2) is 24.3 Å². The molecule has 2 nitrogen and oxygen atoms in total. The van der Waals surface area contributed by atoms with Gasteiger partial charge in [-0.15, -0.1) is 0 Å². The zero-order chi connectivity index (χ0) is 12.3. The van der Waals surface area contributed by atoms with E-state index in [1.807, 2.05) is 24.8 Å². The van der Waals surface area contributed by atoms with Crippen LogP contribution in [0.4, 0.5) is 4.39 Å². The monoisotopic (exact) mass is 254 g/mol. The van der Waals surface area contributed by atoms with Crippen LogP contribution in [0.3, 0.4) is 0 Å². The minimum atomic E-state index is -0.181. The van der Waals surface area contributed by atoms with Gasteiger partial charge in [0, 0.05) is 36.7 Å². The summed E-state index contributed by atoms with van der Waals surface area (Å²) in [6, 6.07) is 6.97. The predicted octanol–water partition coefficient (Wildman–Crippen LogP) is 2.26. The van der Waals surface area contributed by atoms with E-state index in [1.54, 1.807) is 12.1 Å². The van der Waals surface area contributed by atoms with Crippen molar-refractivity contribution in [2.24, 2.45) is 5.73 Å². The molecule has 2 atom stereocenters. The normalized spacial score (nSPS) is 21.1. The zero-order valence-electron chi connectivity index (χ0n) is 10.1. The number of thioether (sulfide) groups is 1. The van der Waals surface area contributed by atoms with E-state index < -0.39 is 0 Å². The minimum Gasteiger partial charge on any atom is -0.326 e. The van der Waals surface area contributed by atoms with Crippen LogP contribution < -0.4 is 5.73 Å².